The summed E-state index contributed by atoms with van der Waals surface area (Å²) in [6, 6.07) is 6.66. The second kappa shape index (κ2) is 9.52. The number of rotatable bonds is 9. The molecule has 1 atom stereocenters. The van der Waals surface area contributed by atoms with Gasteiger partial charge in [-0.05, 0) is 62.9 Å². The van der Waals surface area contributed by atoms with Crippen molar-refractivity contribution in [1.29, 1.82) is 0 Å². The molecular formula is C19H29NO4. The lowest BCUT2D eigenvalue weighted by Crippen LogP contribution is -2.40. The highest BCUT2D eigenvalue weighted by Crippen LogP contribution is 2.29. The van der Waals surface area contributed by atoms with Gasteiger partial charge in [-0.2, -0.15) is 0 Å². The predicted octanol–water partition coefficient (Wildman–Crippen LogP) is 3.36. The van der Waals surface area contributed by atoms with Gasteiger partial charge in [-0.25, -0.2) is 0 Å². The van der Waals surface area contributed by atoms with Crippen molar-refractivity contribution in [3.8, 4) is 11.5 Å². The maximum absolute atomic E-state index is 10.7. The van der Waals surface area contributed by atoms with Crippen molar-refractivity contribution >= 4 is 5.97 Å². The molecule has 2 rings (SSSR count). The third-order valence-electron chi connectivity index (χ3n) is 4.80. The molecule has 5 nitrogen and oxygen atoms in total. The van der Waals surface area contributed by atoms with Crippen LogP contribution in [0.1, 0.15) is 44.1 Å². The van der Waals surface area contributed by atoms with Gasteiger partial charge in [0.15, 0.2) is 11.5 Å². The third-order valence-corrected chi connectivity index (χ3v) is 4.80. The normalized spacial score (nSPS) is 18.3. The summed E-state index contributed by atoms with van der Waals surface area (Å²) in [6.07, 6.45) is 6.80. The molecule has 5 heteroatoms. The number of benzene rings is 1. The molecule has 0 aromatic heterocycles. The lowest BCUT2D eigenvalue weighted by Gasteiger charge is -2.36. The van der Waals surface area contributed by atoms with Crippen molar-refractivity contribution < 1.29 is 19.4 Å². The molecule has 0 aliphatic carbocycles. The molecule has 1 fully saturated rings. The van der Waals surface area contributed by atoms with Crippen LogP contribution in [0.15, 0.2) is 18.2 Å². The number of ether oxygens (including phenoxy) is 2. The highest BCUT2D eigenvalue weighted by atomic mass is 16.5. The Balaban J connectivity index is 1.89. The summed E-state index contributed by atoms with van der Waals surface area (Å²) in [5.41, 5.74) is 1.25. The molecule has 0 amide bonds. The lowest BCUT2D eigenvalue weighted by atomic mass is 9.95. The van der Waals surface area contributed by atoms with E-state index in [0.717, 1.165) is 43.9 Å². The number of carboxylic acids is 1. The van der Waals surface area contributed by atoms with E-state index in [4.69, 9.17) is 14.6 Å². The van der Waals surface area contributed by atoms with Crippen molar-refractivity contribution in [2.75, 3.05) is 27.3 Å². The Morgan fingerprint density at radius 1 is 1.25 bits per heavy atom. The van der Waals surface area contributed by atoms with Crippen LogP contribution in [-0.4, -0.2) is 49.3 Å². The van der Waals surface area contributed by atoms with Crippen LogP contribution in [-0.2, 0) is 11.2 Å². The van der Waals surface area contributed by atoms with Gasteiger partial charge in [-0.3, -0.25) is 4.79 Å². The summed E-state index contributed by atoms with van der Waals surface area (Å²) in [7, 11) is 3.31. The van der Waals surface area contributed by atoms with Gasteiger partial charge in [0.25, 0.3) is 0 Å². The van der Waals surface area contributed by atoms with Gasteiger partial charge in [-0.1, -0.05) is 12.5 Å². The lowest BCUT2D eigenvalue weighted by molar-refractivity contribution is -0.137. The fraction of sp³-hybridized carbons (Fsp3) is 0.632. The van der Waals surface area contributed by atoms with Crippen LogP contribution in [0.25, 0.3) is 0 Å². The molecule has 1 aliphatic heterocycles. The van der Waals surface area contributed by atoms with Gasteiger partial charge in [0.1, 0.15) is 0 Å². The second-order valence-corrected chi connectivity index (χ2v) is 6.41. The monoisotopic (exact) mass is 335 g/mol. The quantitative estimate of drug-likeness (QED) is 0.750. The number of hydrogen-bond acceptors (Lipinski definition) is 4. The molecule has 0 spiro atoms. The van der Waals surface area contributed by atoms with Crippen molar-refractivity contribution in [3.05, 3.63) is 23.8 Å². The standard InChI is InChI=1S/C19H29NO4/c1-23-17-11-9-15(14-18(17)24-2)8-10-16-6-3-4-12-20(16)13-5-7-19(21)22/h9,11,14,16H,3-8,10,12-13H2,1-2H3,(H,21,22)/t16-/m0/s1. The van der Waals surface area contributed by atoms with Gasteiger partial charge in [-0.15, -0.1) is 0 Å². The molecule has 1 saturated heterocycles. The number of aliphatic carboxylic acids is 1. The highest BCUT2D eigenvalue weighted by molar-refractivity contribution is 5.66. The second-order valence-electron chi connectivity index (χ2n) is 6.41. The molecular weight excluding hydrogens is 306 g/mol. The number of nitrogens with zero attached hydrogens (tertiary/aromatic N) is 1. The van der Waals surface area contributed by atoms with Crippen LogP contribution >= 0.6 is 0 Å². The van der Waals surface area contributed by atoms with Gasteiger partial charge in [0.05, 0.1) is 14.2 Å². The topological polar surface area (TPSA) is 59.0 Å². The Hall–Kier alpha value is -1.75. The Morgan fingerprint density at radius 2 is 2.04 bits per heavy atom. The van der Waals surface area contributed by atoms with Crippen molar-refractivity contribution in [2.45, 2.75) is 51.0 Å². The Morgan fingerprint density at radius 3 is 2.75 bits per heavy atom. The van der Waals surface area contributed by atoms with Crippen LogP contribution in [0.2, 0.25) is 0 Å². The first-order chi connectivity index (χ1) is 11.6. The zero-order valence-corrected chi connectivity index (χ0v) is 14.8. The van der Waals surface area contributed by atoms with E-state index in [1.54, 1.807) is 14.2 Å². The third kappa shape index (κ3) is 5.41. The smallest absolute Gasteiger partial charge is 0.303 e. The number of carbonyl (C=O) groups is 1. The van der Waals surface area contributed by atoms with Crippen LogP contribution in [0.3, 0.4) is 0 Å². The van der Waals surface area contributed by atoms with Crippen LogP contribution in [0, 0.1) is 0 Å². The molecule has 1 N–H and O–H groups in total. The van der Waals surface area contributed by atoms with Crippen molar-refractivity contribution in [3.63, 3.8) is 0 Å². The van der Waals surface area contributed by atoms with E-state index in [-0.39, 0.29) is 6.42 Å². The zero-order valence-electron chi connectivity index (χ0n) is 14.8. The Kier molecular flexibility index (Phi) is 7.37. The first-order valence-corrected chi connectivity index (χ1v) is 8.80. The molecule has 0 radical (unpaired) electrons. The van der Waals surface area contributed by atoms with E-state index >= 15 is 0 Å². The van der Waals surface area contributed by atoms with E-state index in [9.17, 15) is 4.79 Å². The maximum Gasteiger partial charge on any atom is 0.303 e. The van der Waals surface area contributed by atoms with E-state index in [0.29, 0.717) is 6.04 Å². The summed E-state index contributed by atoms with van der Waals surface area (Å²) in [5, 5.41) is 8.81. The van der Waals surface area contributed by atoms with Crippen LogP contribution in [0.4, 0.5) is 0 Å². The predicted molar refractivity (Wildman–Crippen MR) is 93.9 cm³/mol. The fourth-order valence-electron chi connectivity index (χ4n) is 3.48. The molecule has 1 heterocycles. The molecule has 0 saturated carbocycles. The van der Waals surface area contributed by atoms with Crippen LogP contribution in [0.5, 0.6) is 11.5 Å². The maximum atomic E-state index is 10.7. The first-order valence-electron chi connectivity index (χ1n) is 8.80. The minimum Gasteiger partial charge on any atom is -0.493 e. The van der Waals surface area contributed by atoms with Gasteiger partial charge in [0, 0.05) is 12.5 Å². The van der Waals surface area contributed by atoms with Gasteiger partial charge < -0.3 is 19.5 Å². The number of piperidine rings is 1. The van der Waals surface area contributed by atoms with E-state index in [2.05, 4.69) is 17.0 Å². The average Bonchev–Trinajstić information content (AvgIpc) is 2.60. The number of methoxy groups -OCH3 is 2. The zero-order chi connectivity index (χ0) is 17.4. The van der Waals surface area contributed by atoms with Gasteiger partial charge >= 0.3 is 5.97 Å². The van der Waals surface area contributed by atoms with E-state index in [1.807, 2.05) is 6.07 Å². The summed E-state index contributed by atoms with van der Waals surface area (Å²) in [4.78, 5) is 13.2. The number of hydrogen-bond donors (Lipinski definition) is 1. The number of aryl methyl sites for hydroxylation is 1. The summed E-state index contributed by atoms with van der Waals surface area (Å²) < 4.78 is 10.7. The number of carboxylic acid groups (broad SMARTS) is 1. The van der Waals surface area contributed by atoms with E-state index in [1.165, 1.54) is 24.8 Å². The molecule has 0 bridgehead atoms. The summed E-state index contributed by atoms with van der Waals surface area (Å²) in [6.45, 7) is 1.99. The summed E-state index contributed by atoms with van der Waals surface area (Å²) in [5.74, 6) is 0.833. The molecule has 134 valence electrons. The van der Waals surface area contributed by atoms with Crippen LogP contribution < -0.4 is 9.47 Å². The molecule has 1 aromatic carbocycles. The first kappa shape index (κ1) is 18.6. The van der Waals surface area contributed by atoms with E-state index < -0.39 is 5.97 Å². The minimum absolute atomic E-state index is 0.263. The highest BCUT2D eigenvalue weighted by Gasteiger charge is 2.22. The average molecular weight is 335 g/mol. The molecule has 24 heavy (non-hydrogen) atoms. The molecule has 1 aliphatic rings. The molecule has 0 unspecified atom stereocenters. The minimum atomic E-state index is -0.700. The van der Waals surface area contributed by atoms with Crippen molar-refractivity contribution in [2.24, 2.45) is 0 Å². The van der Waals surface area contributed by atoms with Gasteiger partial charge in [0.2, 0.25) is 0 Å². The molecule has 1 aromatic rings. The number of likely N-dealkylation sites (tertiary alicyclic amines) is 1. The van der Waals surface area contributed by atoms with Crippen molar-refractivity contribution in [1.82, 2.24) is 4.90 Å². The fourth-order valence-corrected chi connectivity index (χ4v) is 3.48. The largest absolute Gasteiger partial charge is 0.493 e. The Bertz CT molecular complexity index is 532. The SMILES string of the molecule is COc1ccc(CC[C@@H]2CCCCN2CCCC(=O)O)cc1OC. The summed E-state index contributed by atoms with van der Waals surface area (Å²) >= 11 is 0. The Labute approximate surface area is 144 Å².